The van der Waals surface area contributed by atoms with Crippen LogP contribution in [0.3, 0.4) is 0 Å². The molecule has 1 amide bonds. The number of carbonyl (C=O) groups is 1. The molecule has 3 nitrogen and oxygen atoms in total. The number of nitrogens with two attached hydrogens (primary N) is 1. The van der Waals surface area contributed by atoms with Crippen LogP contribution in [-0.2, 0) is 4.79 Å². The van der Waals surface area contributed by atoms with Gasteiger partial charge in [-0.15, -0.1) is 0 Å². The van der Waals surface area contributed by atoms with Crippen LogP contribution in [0.4, 0.5) is 0 Å². The van der Waals surface area contributed by atoms with Crippen molar-refractivity contribution in [2.45, 2.75) is 52.4 Å². The Bertz CT molecular complexity index is 245. The SMILES string of the molecule is CN(CC1CCCCC1)C(=O)CC(C)(C)CN. The summed E-state index contributed by atoms with van der Waals surface area (Å²) in [6, 6.07) is 0. The van der Waals surface area contributed by atoms with E-state index in [0.717, 1.165) is 12.5 Å². The van der Waals surface area contributed by atoms with Crippen LogP contribution in [0.15, 0.2) is 0 Å². The second-order valence-corrected chi connectivity index (χ2v) is 6.32. The van der Waals surface area contributed by atoms with Gasteiger partial charge in [0.2, 0.25) is 5.91 Å². The number of hydrogen-bond acceptors (Lipinski definition) is 2. The molecule has 3 heteroatoms. The summed E-state index contributed by atoms with van der Waals surface area (Å²) in [7, 11) is 1.93. The summed E-state index contributed by atoms with van der Waals surface area (Å²) in [5, 5.41) is 0. The van der Waals surface area contributed by atoms with Gasteiger partial charge < -0.3 is 10.6 Å². The Morgan fingerprint density at radius 2 is 1.88 bits per heavy atom. The molecule has 0 atom stereocenters. The monoisotopic (exact) mass is 240 g/mol. The standard InChI is InChI=1S/C14H28N2O/c1-14(2,11-15)9-13(17)16(3)10-12-7-5-4-6-8-12/h12H,4-11,15H2,1-3H3. The van der Waals surface area contributed by atoms with Crippen molar-refractivity contribution < 1.29 is 4.79 Å². The number of hydrogen-bond donors (Lipinski definition) is 1. The number of carbonyl (C=O) groups excluding carboxylic acids is 1. The molecule has 1 rings (SSSR count). The van der Waals surface area contributed by atoms with Crippen molar-refractivity contribution in [3.8, 4) is 0 Å². The Balaban J connectivity index is 2.35. The number of nitrogens with zero attached hydrogens (tertiary/aromatic N) is 1. The number of rotatable bonds is 5. The minimum atomic E-state index is -0.0715. The molecular formula is C14H28N2O. The van der Waals surface area contributed by atoms with Crippen molar-refractivity contribution in [2.75, 3.05) is 20.1 Å². The van der Waals surface area contributed by atoms with Crippen molar-refractivity contribution in [3.63, 3.8) is 0 Å². The van der Waals surface area contributed by atoms with Gasteiger partial charge in [0.1, 0.15) is 0 Å². The van der Waals surface area contributed by atoms with Crippen LogP contribution in [0.2, 0.25) is 0 Å². The minimum absolute atomic E-state index is 0.0715. The summed E-state index contributed by atoms with van der Waals surface area (Å²) in [5.74, 6) is 0.963. The van der Waals surface area contributed by atoms with E-state index >= 15 is 0 Å². The van der Waals surface area contributed by atoms with Crippen molar-refractivity contribution in [1.29, 1.82) is 0 Å². The maximum absolute atomic E-state index is 12.1. The second-order valence-electron chi connectivity index (χ2n) is 6.32. The average molecular weight is 240 g/mol. The van der Waals surface area contributed by atoms with Gasteiger partial charge in [-0.25, -0.2) is 0 Å². The number of amides is 1. The quantitative estimate of drug-likeness (QED) is 0.802. The molecule has 100 valence electrons. The maximum Gasteiger partial charge on any atom is 0.222 e. The van der Waals surface area contributed by atoms with E-state index in [1.54, 1.807) is 0 Å². The lowest BCUT2D eigenvalue weighted by atomic mass is 9.87. The highest BCUT2D eigenvalue weighted by Crippen LogP contribution is 2.25. The minimum Gasteiger partial charge on any atom is -0.345 e. The topological polar surface area (TPSA) is 46.3 Å². The molecule has 0 heterocycles. The van der Waals surface area contributed by atoms with Gasteiger partial charge in [0.15, 0.2) is 0 Å². The predicted molar refractivity (Wildman–Crippen MR) is 71.7 cm³/mol. The molecule has 0 bridgehead atoms. The van der Waals surface area contributed by atoms with Gasteiger partial charge in [-0.05, 0) is 30.7 Å². The molecule has 0 saturated heterocycles. The van der Waals surface area contributed by atoms with E-state index in [-0.39, 0.29) is 11.3 Å². The molecule has 0 aromatic carbocycles. The summed E-state index contributed by atoms with van der Waals surface area (Å²) in [4.78, 5) is 14.0. The van der Waals surface area contributed by atoms with Gasteiger partial charge in [-0.3, -0.25) is 4.79 Å². The predicted octanol–water partition coefficient (Wildman–Crippen LogP) is 2.40. The van der Waals surface area contributed by atoms with Crippen LogP contribution in [-0.4, -0.2) is 30.9 Å². The molecule has 0 aliphatic heterocycles. The normalized spacial score (nSPS) is 18.1. The smallest absolute Gasteiger partial charge is 0.222 e. The van der Waals surface area contributed by atoms with E-state index in [1.165, 1.54) is 32.1 Å². The lowest BCUT2D eigenvalue weighted by Gasteiger charge is -2.29. The Morgan fingerprint density at radius 1 is 1.29 bits per heavy atom. The Hall–Kier alpha value is -0.570. The molecule has 0 aromatic heterocycles. The highest BCUT2D eigenvalue weighted by atomic mass is 16.2. The van der Waals surface area contributed by atoms with Gasteiger partial charge in [0, 0.05) is 20.0 Å². The fourth-order valence-corrected chi connectivity index (χ4v) is 2.48. The van der Waals surface area contributed by atoms with E-state index in [9.17, 15) is 4.79 Å². The molecule has 0 aromatic rings. The maximum atomic E-state index is 12.1. The molecule has 0 unspecified atom stereocenters. The van der Waals surface area contributed by atoms with Gasteiger partial charge in [-0.2, -0.15) is 0 Å². The molecular weight excluding hydrogens is 212 g/mol. The molecule has 17 heavy (non-hydrogen) atoms. The lowest BCUT2D eigenvalue weighted by Crippen LogP contribution is -2.37. The third kappa shape index (κ3) is 5.07. The first kappa shape index (κ1) is 14.5. The molecule has 1 aliphatic carbocycles. The van der Waals surface area contributed by atoms with Crippen LogP contribution < -0.4 is 5.73 Å². The van der Waals surface area contributed by atoms with Crippen LogP contribution in [0.5, 0.6) is 0 Å². The Morgan fingerprint density at radius 3 is 2.41 bits per heavy atom. The molecule has 1 aliphatic rings. The molecule has 0 spiro atoms. The van der Waals surface area contributed by atoms with E-state index in [1.807, 2.05) is 11.9 Å². The van der Waals surface area contributed by atoms with Crippen molar-refractivity contribution in [2.24, 2.45) is 17.1 Å². The molecule has 1 saturated carbocycles. The fourth-order valence-electron chi connectivity index (χ4n) is 2.48. The Kier molecular flexibility index (Phi) is 5.44. The van der Waals surface area contributed by atoms with Crippen molar-refractivity contribution in [3.05, 3.63) is 0 Å². The lowest BCUT2D eigenvalue weighted by molar-refractivity contribution is -0.132. The second kappa shape index (κ2) is 6.39. The average Bonchev–Trinajstić information content (AvgIpc) is 2.30. The first-order valence-electron chi connectivity index (χ1n) is 6.88. The van der Waals surface area contributed by atoms with Gasteiger partial charge >= 0.3 is 0 Å². The van der Waals surface area contributed by atoms with Crippen LogP contribution in [0.25, 0.3) is 0 Å². The summed E-state index contributed by atoms with van der Waals surface area (Å²) < 4.78 is 0. The van der Waals surface area contributed by atoms with Crippen molar-refractivity contribution in [1.82, 2.24) is 4.90 Å². The largest absolute Gasteiger partial charge is 0.345 e. The zero-order valence-corrected chi connectivity index (χ0v) is 11.7. The first-order valence-corrected chi connectivity index (χ1v) is 6.88. The van der Waals surface area contributed by atoms with Crippen molar-refractivity contribution >= 4 is 5.91 Å². The fraction of sp³-hybridized carbons (Fsp3) is 0.929. The summed E-state index contributed by atoms with van der Waals surface area (Å²) in [5.41, 5.74) is 5.60. The zero-order valence-electron chi connectivity index (χ0n) is 11.7. The van der Waals surface area contributed by atoms with E-state index in [0.29, 0.717) is 13.0 Å². The van der Waals surface area contributed by atoms with Gasteiger partial charge in [0.25, 0.3) is 0 Å². The Labute approximate surface area is 106 Å². The summed E-state index contributed by atoms with van der Waals surface area (Å²) in [6.45, 7) is 5.61. The first-order chi connectivity index (χ1) is 7.94. The zero-order chi connectivity index (χ0) is 12.9. The van der Waals surface area contributed by atoms with Crippen LogP contribution in [0, 0.1) is 11.3 Å². The molecule has 1 fully saturated rings. The highest BCUT2D eigenvalue weighted by Gasteiger charge is 2.24. The summed E-state index contributed by atoms with van der Waals surface area (Å²) >= 11 is 0. The van der Waals surface area contributed by atoms with Crippen LogP contribution in [0.1, 0.15) is 52.4 Å². The van der Waals surface area contributed by atoms with E-state index in [2.05, 4.69) is 13.8 Å². The van der Waals surface area contributed by atoms with E-state index < -0.39 is 0 Å². The summed E-state index contributed by atoms with van der Waals surface area (Å²) in [6.07, 6.45) is 7.18. The highest BCUT2D eigenvalue weighted by molar-refractivity contribution is 5.76. The van der Waals surface area contributed by atoms with E-state index in [4.69, 9.17) is 5.73 Å². The third-order valence-electron chi connectivity index (χ3n) is 3.86. The van der Waals surface area contributed by atoms with Gasteiger partial charge in [0.05, 0.1) is 0 Å². The van der Waals surface area contributed by atoms with Crippen LogP contribution >= 0.6 is 0 Å². The molecule has 2 N–H and O–H groups in total. The molecule has 0 radical (unpaired) electrons. The van der Waals surface area contributed by atoms with Gasteiger partial charge in [-0.1, -0.05) is 33.1 Å². The third-order valence-corrected chi connectivity index (χ3v) is 3.86.